The Hall–Kier alpha value is -0.120. The Balaban J connectivity index is 3.86. The van der Waals surface area contributed by atoms with Crippen LogP contribution in [-0.4, -0.2) is 44.3 Å². The van der Waals surface area contributed by atoms with Gasteiger partial charge in [-0.15, -0.1) is 0 Å². The molecule has 0 aromatic rings. The van der Waals surface area contributed by atoms with E-state index in [9.17, 15) is 0 Å². The summed E-state index contributed by atoms with van der Waals surface area (Å²) in [5.74, 6) is 0. The van der Waals surface area contributed by atoms with Crippen molar-refractivity contribution in [1.29, 1.82) is 0 Å². The molecule has 0 amide bonds. The van der Waals surface area contributed by atoms with Crippen LogP contribution in [0.1, 0.15) is 46.0 Å². The van der Waals surface area contributed by atoms with Gasteiger partial charge in [-0.25, -0.2) is 0 Å². The highest BCUT2D eigenvalue weighted by Crippen LogP contribution is 2.11. The van der Waals surface area contributed by atoms with Crippen LogP contribution in [0.3, 0.4) is 0 Å². The summed E-state index contributed by atoms with van der Waals surface area (Å²) in [4.78, 5) is 2.36. The monoisotopic (exact) mass is 230 g/mol. The fourth-order valence-electron chi connectivity index (χ4n) is 2.01. The molecule has 16 heavy (non-hydrogen) atoms. The van der Waals surface area contributed by atoms with E-state index >= 15 is 0 Å². The molecule has 0 aliphatic heterocycles. The van der Waals surface area contributed by atoms with Gasteiger partial charge in [0.1, 0.15) is 0 Å². The quantitative estimate of drug-likeness (QED) is 0.585. The average molecular weight is 230 g/mol. The van der Waals surface area contributed by atoms with E-state index in [2.05, 4.69) is 25.8 Å². The summed E-state index contributed by atoms with van der Waals surface area (Å²) in [6.45, 7) is 5.96. The zero-order valence-corrected chi connectivity index (χ0v) is 11.5. The van der Waals surface area contributed by atoms with E-state index in [-0.39, 0.29) is 0 Å². The van der Waals surface area contributed by atoms with E-state index < -0.39 is 0 Å². The minimum Gasteiger partial charge on any atom is -0.383 e. The van der Waals surface area contributed by atoms with E-state index in [0.29, 0.717) is 12.1 Å². The molecule has 3 nitrogen and oxygen atoms in total. The summed E-state index contributed by atoms with van der Waals surface area (Å²) in [6, 6.07) is 0.951. The largest absolute Gasteiger partial charge is 0.383 e. The van der Waals surface area contributed by atoms with Crippen LogP contribution < -0.4 is 5.73 Å². The molecule has 0 saturated carbocycles. The third kappa shape index (κ3) is 6.46. The van der Waals surface area contributed by atoms with Crippen LogP contribution in [0.4, 0.5) is 0 Å². The molecule has 0 spiro atoms. The molecule has 0 radical (unpaired) electrons. The fourth-order valence-corrected chi connectivity index (χ4v) is 2.01. The molecule has 98 valence electrons. The molecular weight excluding hydrogens is 200 g/mol. The van der Waals surface area contributed by atoms with Crippen LogP contribution in [0.15, 0.2) is 0 Å². The van der Waals surface area contributed by atoms with Crippen LogP contribution in [0.5, 0.6) is 0 Å². The van der Waals surface area contributed by atoms with Crippen molar-refractivity contribution in [2.75, 3.05) is 27.3 Å². The molecule has 0 aliphatic carbocycles. The van der Waals surface area contributed by atoms with Gasteiger partial charge in [0.2, 0.25) is 0 Å². The van der Waals surface area contributed by atoms with Gasteiger partial charge in [0.25, 0.3) is 0 Å². The van der Waals surface area contributed by atoms with Crippen LogP contribution >= 0.6 is 0 Å². The number of likely N-dealkylation sites (N-methyl/N-ethyl adjacent to an activating group) is 1. The maximum Gasteiger partial charge on any atom is 0.0615 e. The molecule has 0 rings (SSSR count). The van der Waals surface area contributed by atoms with E-state index in [1.165, 1.54) is 32.1 Å². The molecule has 0 aromatic carbocycles. The second-order valence-corrected chi connectivity index (χ2v) is 4.71. The third-order valence-corrected chi connectivity index (χ3v) is 3.34. The van der Waals surface area contributed by atoms with Crippen LogP contribution in [0, 0.1) is 0 Å². The molecule has 0 bridgehead atoms. The van der Waals surface area contributed by atoms with Crippen LogP contribution in [0.2, 0.25) is 0 Å². The van der Waals surface area contributed by atoms with Gasteiger partial charge in [-0.2, -0.15) is 0 Å². The SMILES string of the molecule is CCCCCCC(CN)N(C)C(C)COC. The van der Waals surface area contributed by atoms with E-state index in [1.807, 2.05) is 0 Å². The Morgan fingerprint density at radius 2 is 1.94 bits per heavy atom. The zero-order chi connectivity index (χ0) is 12.4. The van der Waals surface area contributed by atoms with Gasteiger partial charge in [0, 0.05) is 25.7 Å². The number of unbranched alkanes of at least 4 members (excludes halogenated alkanes) is 3. The van der Waals surface area contributed by atoms with E-state index in [4.69, 9.17) is 10.5 Å². The fraction of sp³-hybridized carbons (Fsp3) is 1.00. The van der Waals surface area contributed by atoms with E-state index in [1.54, 1.807) is 7.11 Å². The van der Waals surface area contributed by atoms with Gasteiger partial charge in [-0.1, -0.05) is 32.6 Å². The van der Waals surface area contributed by atoms with Crippen molar-refractivity contribution in [3.63, 3.8) is 0 Å². The van der Waals surface area contributed by atoms with Gasteiger partial charge < -0.3 is 10.5 Å². The third-order valence-electron chi connectivity index (χ3n) is 3.34. The lowest BCUT2D eigenvalue weighted by atomic mass is 10.1. The number of nitrogens with zero attached hydrogens (tertiary/aromatic N) is 1. The van der Waals surface area contributed by atoms with Crippen molar-refractivity contribution < 1.29 is 4.74 Å². The van der Waals surface area contributed by atoms with Gasteiger partial charge in [-0.05, 0) is 20.4 Å². The first-order valence-corrected chi connectivity index (χ1v) is 6.58. The molecule has 0 aromatic heterocycles. The first kappa shape index (κ1) is 15.9. The van der Waals surface area contributed by atoms with Crippen LogP contribution in [-0.2, 0) is 4.74 Å². The summed E-state index contributed by atoms with van der Waals surface area (Å²) in [7, 11) is 3.91. The van der Waals surface area contributed by atoms with Gasteiger partial charge in [0.05, 0.1) is 6.61 Å². The maximum atomic E-state index is 5.84. The molecule has 3 heteroatoms. The average Bonchev–Trinajstić information content (AvgIpc) is 2.29. The number of ether oxygens (including phenoxy) is 1. The molecule has 0 aliphatic rings. The minimum atomic E-state index is 0.449. The van der Waals surface area contributed by atoms with Gasteiger partial charge >= 0.3 is 0 Å². The number of hydrogen-bond donors (Lipinski definition) is 1. The smallest absolute Gasteiger partial charge is 0.0615 e. The van der Waals surface area contributed by atoms with Crippen molar-refractivity contribution in [1.82, 2.24) is 4.90 Å². The number of methoxy groups -OCH3 is 1. The Kier molecular flexibility index (Phi) is 9.99. The number of hydrogen-bond acceptors (Lipinski definition) is 3. The normalized spacial score (nSPS) is 15.4. The first-order chi connectivity index (χ1) is 7.67. The molecule has 0 fully saturated rings. The highest BCUT2D eigenvalue weighted by Gasteiger charge is 2.17. The Bertz CT molecular complexity index is 153. The molecular formula is C13H30N2O. The Labute approximate surface area is 101 Å². The van der Waals surface area contributed by atoms with Crippen molar-refractivity contribution in [3.05, 3.63) is 0 Å². The lowest BCUT2D eigenvalue weighted by Gasteiger charge is -2.32. The first-order valence-electron chi connectivity index (χ1n) is 6.58. The minimum absolute atomic E-state index is 0.449. The molecule has 2 unspecified atom stereocenters. The topological polar surface area (TPSA) is 38.5 Å². The highest BCUT2D eigenvalue weighted by atomic mass is 16.5. The Morgan fingerprint density at radius 3 is 2.44 bits per heavy atom. The van der Waals surface area contributed by atoms with E-state index in [0.717, 1.165) is 13.2 Å². The molecule has 2 N–H and O–H groups in total. The summed E-state index contributed by atoms with van der Waals surface area (Å²) in [6.07, 6.45) is 6.47. The molecule has 0 heterocycles. The molecule has 0 saturated heterocycles. The second kappa shape index (κ2) is 10.1. The second-order valence-electron chi connectivity index (χ2n) is 4.71. The Morgan fingerprint density at radius 1 is 1.25 bits per heavy atom. The summed E-state index contributed by atoms with van der Waals surface area (Å²) in [5.41, 5.74) is 5.84. The molecule has 2 atom stereocenters. The van der Waals surface area contributed by atoms with Crippen molar-refractivity contribution in [2.45, 2.75) is 58.0 Å². The predicted octanol–water partition coefficient (Wildman–Crippen LogP) is 2.25. The lowest BCUT2D eigenvalue weighted by molar-refractivity contribution is 0.0875. The lowest BCUT2D eigenvalue weighted by Crippen LogP contribution is -2.44. The maximum absolute atomic E-state index is 5.84. The van der Waals surface area contributed by atoms with Crippen molar-refractivity contribution in [3.8, 4) is 0 Å². The zero-order valence-electron chi connectivity index (χ0n) is 11.5. The summed E-state index contributed by atoms with van der Waals surface area (Å²) >= 11 is 0. The predicted molar refractivity (Wildman–Crippen MR) is 70.7 cm³/mol. The summed E-state index contributed by atoms with van der Waals surface area (Å²) < 4.78 is 5.18. The standard InChI is InChI=1S/C13H30N2O/c1-5-6-7-8-9-13(10-14)15(3)12(2)11-16-4/h12-13H,5-11,14H2,1-4H3. The van der Waals surface area contributed by atoms with Gasteiger partial charge in [-0.3, -0.25) is 4.90 Å². The number of rotatable bonds is 10. The number of nitrogens with two attached hydrogens (primary N) is 1. The summed E-state index contributed by atoms with van der Waals surface area (Å²) in [5, 5.41) is 0. The van der Waals surface area contributed by atoms with Crippen molar-refractivity contribution >= 4 is 0 Å². The van der Waals surface area contributed by atoms with Crippen LogP contribution in [0.25, 0.3) is 0 Å². The highest BCUT2D eigenvalue weighted by molar-refractivity contribution is 4.74. The van der Waals surface area contributed by atoms with Crippen molar-refractivity contribution in [2.24, 2.45) is 5.73 Å². The van der Waals surface area contributed by atoms with Gasteiger partial charge in [0.15, 0.2) is 0 Å².